The topological polar surface area (TPSA) is 102 Å². The molecular formula is C30H36N2O6. The lowest BCUT2D eigenvalue weighted by Gasteiger charge is -2.41. The Morgan fingerprint density at radius 2 is 1.47 bits per heavy atom. The Kier molecular flexibility index (Phi) is 7.23. The predicted molar refractivity (Wildman–Crippen MR) is 142 cm³/mol. The Morgan fingerprint density at radius 1 is 0.921 bits per heavy atom. The third kappa shape index (κ3) is 3.93. The fraction of sp³-hybridized carbons (Fsp3) is 0.467. The van der Waals surface area contributed by atoms with Crippen LogP contribution in [-0.4, -0.2) is 48.5 Å². The highest BCUT2D eigenvalue weighted by molar-refractivity contribution is 6.28. The van der Waals surface area contributed by atoms with Crippen molar-refractivity contribution < 1.29 is 28.7 Å². The second-order valence-corrected chi connectivity index (χ2v) is 11.1. The number of nitrogens with one attached hydrogen (secondary N) is 1. The Hall–Kier alpha value is -3.52. The van der Waals surface area contributed by atoms with Crippen LogP contribution in [0.2, 0.25) is 0 Å². The van der Waals surface area contributed by atoms with Crippen LogP contribution in [0.1, 0.15) is 65.0 Å². The average Bonchev–Trinajstić information content (AvgIpc) is 3.30. The summed E-state index contributed by atoms with van der Waals surface area (Å²) in [7, 11) is 0. The number of para-hydroxylation sites is 1. The first kappa shape index (κ1) is 27.5. The molecule has 0 aromatic heterocycles. The van der Waals surface area contributed by atoms with Gasteiger partial charge in [0.25, 0.3) is 0 Å². The number of amides is 2. The van der Waals surface area contributed by atoms with Gasteiger partial charge in [-0.25, -0.2) is 14.5 Å². The van der Waals surface area contributed by atoms with Gasteiger partial charge in [-0.05, 0) is 42.9 Å². The molecule has 0 aliphatic carbocycles. The molecule has 3 atom stereocenters. The number of rotatable bonds is 6. The highest BCUT2D eigenvalue weighted by atomic mass is 16.6. The maximum absolute atomic E-state index is 14.8. The van der Waals surface area contributed by atoms with Gasteiger partial charge in [-0.2, -0.15) is 0 Å². The Balaban J connectivity index is 2.19. The highest BCUT2D eigenvalue weighted by Crippen LogP contribution is 2.62. The fourth-order valence-corrected chi connectivity index (χ4v) is 6.36. The molecule has 8 heteroatoms. The van der Waals surface area contributed by atoms with Crippen molar-refractivity contribution in [2.24, 2.45) is 5.41 Å². The van der Waals surface area contributed by atoms with Crippen LogP contribution >= 0.6 is 0 Å². The maximum atomic E-state index is 14.8. The third-order valence-electron chi connectivity index (χ3n) is 7.44. The van der Waals surface area contributed by atoms with Gasteiger partial charge in [-0.1, -0.05) is 69.3 Å². The monoisotopic (exact) mass is 520 g/mol. The van der Waals surface area contributed by atoms with Gasteiger partial charge in [-0.15, -0.1) is 0 Å². The number of hydrogen-bond acceptors (Lipinski definition) is 7. The molecule has 8 nitrogen and oxygen atoms in total. The molecule has 2 aromatic carbocycles. The van der Waals surface area contributed by atoms with Gasteiger partial charge in [0.1, 0.15) is 5.41 Å². The molecule has 2 aliphatic heterocycles. The minimum atomic E-state index is -2.23. The second-order valence-electron chi connectivity index (χ2n) is 11.1. The number of hydrogen-bond donors (Lipinski definition) is 1. The first-order valence-electron chi connectivity index (χ1n) is 13.1. The van der Waals surface area contributed by atoms with E-state index in [1.807, 2.05) is 30.3 Å². The van der Waals surface area contributed by atoms with E-state index in [0.717, 1.165) is 10.5 Å². The van der Waals surface area contributed by atoms with Gasteiger partial charge in [0.05, 0.1) is 18.9 Å². The molecule has 0 radical (unpaired) electrons. The zero-order valence-corrected chi connectivity index (χ0v) is 22.9. The molecule has 0 bridgehead atoms. The zero-order valence-electron chi connectivity index (χ0n) is 22.9. The zero-order chi connectivity index (χ0) is 27.9. The van der Waals surface area contributed by atoms with Gasteiger partial charge in [-0.3, -0.25) is 14.9 Å². The standard InChI is InChI=1S/C30H36N2O6/c1-7-37-26(35)30(27(36)38-8-2)29(21-16-12-13-17-23(21)32(19(3)33)25(29)34)24(20-14-10-9-11-15-20)22(31-30)18-28(4,5)6/h9-17,22,24,31H,7-8,18H2,1-6H3/t22-,24-,29-/m1/s1. The van der Waals surface area contributed by atoms with Gasteiger partial charge in [0.2, 0.25) is 17.4 Å². The summed E-state index contributed by atoms with van der Waals surface area (Å²) < 4.78 is 11.1. The minimum Gasteiger partial charge on any atom is -0.464 e. The Labute approximate surface area is 223 Å². The summed E-state index contributed by atoms with van der Waals surface area (Å²) in [5.41, 5.74) is -2.79. The van der Waals surface area contributed by atoms with Gasteiger partial charge in [0.15, 0.2) is 0 Å². The van der Waals surface area contributed by atoms with E-state index in [4.69, 9.17) is 9.47 Å². The van der Waals surface area contributed by atoms with Crippen LogP contribution < -0.4 is 10.2 Å². The number of benzene rings is 2. The first-order valence-corrected chi connectivity index (χ1v) is 13.1. The van der Waals surface area contributed by atoms with Crippen molar-refractivity contribution in [3.63, 3.8) is 0 Å². The first-order chi connectivity index (χ1) is 18.0. The van der Waals surface area contributed by atoms with E-state index >= 15 is 0 Å². The lowest BCUT2D eigenvalue weighted by molar-refractivity contribution is -0.171. The number of imide groups is 1. The molecule has 202 valence electrons. The molecule has 38 heavy (non-hydrogen) atoms. The van der Waals surface area contributed by atoms with Crippen molar-refractivity contribution in [2.75, 3.05) is 18.1 Å². The van der Waals surface area contributed by atoms with Gasteiger partial charge < -0.3 is 9.47 Å². The molecule has 2 amide bonds. The lowest BCUT2D eigenvalue weighted by Crippen LogP contribution is -2.70. The van der Waals surface area contributed by atoms with Crippen LogP contribution in [0.5, 0.6) is 0 Å². The normalized spacial score (nSPS) is 23.8. The van der Waals surface area contributed by atoms with Crippen LogP contribution in [0.3, 0.4) is 0 Å². The molecule has 2 heterocycles. The van der Waals surface area contributed by atoms with E-state index in [0.29, 0.717) is 17.7 Å². The van der Waals surface area contributed by atoms with Crippen LogP contribution in [0.4, 0.5) is 5.69 Å². The Morgan fingerprint density at radius 3 is 2.00 bits per heavy atom. The summed E-state index contributed by atoms with van der Waals surface area (Å²) >= 11 is 0. The smallest absolute Gasteiger partial charge is 0.339 e. The Bertz CT molecular complexity index is 1230. The molecular weight excluding hydrogens is 484 g/mol. The van der Waals surface area contributed by atoms with Crippen molar-refractivity contribution in [1.82, 2.24) is 5.32 Å². The van der Waals surface area contributed by atoms with Crippen LogP contribution in [0.15, 0.2) is 54.6 Å². The number of ether oxygens (including phenoxy) is 2. The molecule has 0 unspecified atom stereocenters. The molecule has 1 N–H and O–H groups in total. The third-order valence-corrected chi connectivity index (χ3v) is 7.44. The van der Waals surface area contributed by atoms with Crippen molar-refractivity contribution in [2.45, 2.75) is 70.9 Å². The number of fused-ring (bicyclic) bond motifs is 2. The average molecular weight is 521 g/mol. The number of nitrogens with zero attached hydrogens (tertiary/aromatic N) is 1. The predicted octanol–water partition coefficient (Wildman–Crippen LogP) is 3.87. The van der Waals surface area contributed by atoms with E-state index in [1.54, 1.807) is 38.1 Å². The van der Waals surface area contributed by atoms with Crippen molar-refractivity contribution in [1.29, 1.82) is 0 Å². The maximum Gasteiger partial charge on any atom is 0.339 e. The van der Waals surface area contributed by atoms with E-state index in [9.17, 15) is 19.2 Å². The van der Waals surface area contributed by atoms with Gasteiger partial charge >= 0.3 is 11.9 Å². The SMILES string of the molecule is CCOC(=O)C1(C(=O)OCC)N[C@H](CC(C)(C)C)[C@@H](c2ccccc2)[C@]12C(=O)N(C(C)=O)c1ccccc12. The van der Waals surface area contributed by atoms with E-state index in [-0.39, 0.29) is 18.6 Å². The summed E-state index contributed by atoms with van der Waals surface area (Å²) in [5.74, 6) is -3.65. The molecule has 2 aromatic rings. The summed E-state index contributed by atoms with van der Waals surface area (Å²) in [4.78, 5) is 57.1. The van der Waals surface area contributed by atoms with E-state index in [1.165, 1.54) is 6.92 Å². The van der Waals surface area contributed by atoms with Gasteiger partial charge in [0, 0.05) is 18.9 Å². The molecule has 4 rings (SSSR count). The fourth-order valence-electron chi connectivity index (χ4n) is 6.36. The summed E-state index contributed by atoms with van der Waals surface area (Å²) in [5, 5.41) is 3.33. The molecule has 1 spiro atoms. The minimum absolute atomic E-state index is 0.00997. The molecule has 0 saturated carbocycles. The van der Waals surface area contributed by atoms with Crippen molar-refractivity contribution in [3.8, 4) is 0 Å². The highest BCUT2D eigenvalue weighted by Gasteiger charge is 2.80. The summed E-state index contributed by atoms with van der Waals surface area (Å²) in [6.07, 6.45) is 0.518. The van der Waals surface area contributed by atoms with E-state index < -0.39 is 46.7 Å². The number of carbonyl (C=O) groups excluding carboxylic acids is 4. The van der Waals surface area contributed by atoms with Crippen LogP contribution in [-0.2, 0) is 34.1 Å². The van der Waals surface area contributed by atoms with Crippen LogP contribution in [0.25, 0.3) is 0 Å². The number of esters is 2. The summed E-state index contributed by atoms with van der Waals surface area (Å²) in [6.45, 7) is 10.8. The second kappa shape index (κ2) is 9.98. The molecule has 2 aliphatic rings. The number of carbonyl (C=O) groups is 4. The molecule has 1 saturated heterocycles. The van der Waals surface area contributed by atoms with E-state index in [2.05, 4.69) is 26.1 Å². The van der Waals surface area contributed by atoms with Crippen molar-refractivity contribution in [3.05, 3.63) is 65.7 Å². The largest absolute Gasteiger partial charge is 0.464 e. The summed E-state index contributed by atoms with van der Waals surface area (Å²) in [6, 6.07) is 15.7. The van der Waals surface area contributed by atoms with Crippen LogP contribution in [0, 0.1) is 5.41 Å². The van der Waals surface area contributed by atoms with Crippen molar-refractivity contribution >= 4 is 29.4 Å². The lowest BCUT2D eigenvalue weighted by atomic mass is 9.58. The number of anilines is 1. The quantitative estimate of drug-likeness (QED) is 0.456. The molecule has 1 fully saturated rings.